The number of ether oxygens (including phenoxy) is 1. The van der Waals surface area contributed by atoms with Crippen LogP contribution in [0.15, 0.2) is 42.7 Å². The Morgan fingerprint density at radius 1 is 1.00 bits per heavy atom. The van der Waals surface area contributed by atoms with Crippen molar-refractivity contribution in [3.63, 3.8) is 0 Å². The summed E-state index contributed by atoms with van der Waals surface area (Å²) in [5.74, 6) is 0.538. The highest BCUT2D eigenvalue weighted by Crippen LogP contribution is 2.41. The van der Waals surface area contributed by atoms with Crippen molar-refractivity contribution in [1.29, 1.82) is 0 Å². The number of aromatic nitrogens is 3. The molecule has 176 valence electrons. The van der Waals surface area contributed by atoms with Gasteiger partial charge >= 0.3 is 0 Å². The third-order valence-electron chi connectivity index (χ3n) is 7.92. The maximum atomic E-state index is 6.10. The van der Waals surface area contributed by atoms with Gasteiger partial charge in [0, 0.05) is 19.5 Å². The van der Waals surface area contributed by atoms with E-state index in [0.717, 1.165) is 37.3 Å². The maximum absolute atomic E-state index is 6.10. The van der Waals surface area contributed by atoms with Crippen LogP contribution in [-0.4, -0.2) is 58.5 Å². The van der Waals surface area contributed by atoms with Gasteiger partial charge in [0.15, 0.2) is 0 Å². The van der Waals surface area contributed by atoms with Crippen LogP contribution in [0.25, 0.3) is 5.65 Å². The monoisotopic (exact) mass is 447 g/mol. The van der Waals surface area contributed by atoms with E-state index in [0.29, 0.717) is 18.0 Å². The summed E-state index contributed by atoms with van der Waals surface area (Å²) in [4.78, 5) is 14.8. The molecule has 0 bridgehead atoms. The van der Waals surface area contributed by atoms with Gasteiger partial charge in [-0.15, -0.1) is 0 Å². The molecule has 3 aromatic heterocycles. The van der Waals surface area contributed by atoms with Gasteiger partial charge in [0.2, 0.25) is 0 Å². The highest BCUT2D eigenvalue weighted by atomic mass is 16.5. The second-order valence-corrected chi connectivity index (χ2v) is 9.98. The average molecular weight is 448 g/mol. The molecular formula is C27H37N5O. The Labute approximate surface area is 197 Å². The number of piperidine rings is 2. The first-order valence-corrected chi connectivity index (χ1v) is 12.4. The molecule has 6 heteroatoms. The zero-order valence-electron chi connectivity index (χ0n) is 20.4. The van der Waals surface area contributed by atoms with Gasteiger partial charge in [0.25, 0.3) is 0 Å². The number of imidazole rings is 1. The summed E-state index contributed by atoms with van der Waals surface area (Å²) in [5, 5.41) is 0. The highest BCUT2D eigenvalue weighted by Gasteiger charge is 2.33. The fraction of sp³-hybridized carbons (Fsp3) is 0.556. The van der Waals surface area contributed by atoms with Crippen molar-refractivity contribution in [3.8, 4) is 0 Å². The molecule has 0 N–H and O–H groups in total. The quantitative estimate of drug-likeness (QED) is 0.553. The SMILES string of the molecule is CO[C@H](c1cccc2nc([C@H]3CCC[C@@H](c4ncccc4C)N3C)cn12)C1CCN(C)CC1. The predicted molar refractivity (Wildman–Crippen MR) is 131 cm³/mol. The molecule has 3 atom stereocenters. The van der Waals surface area contributed by atoms with E-state index in [1.165, 1.54) is 36.2 Å². The summed E-state index contributed by atoms with van der Waals surface area (Å²) < 4.78 is 8.38. The predicted octanol–water partition coefficient (Wildman–Crippen LogP) is 4.97. The topological polar surface area (TPSA) is 45.9 Å². The number of methoxy groups -OCH3 is 1. The summed E-state index contributed by atoms with van der Waals surface area (Å²) in [6.07, 6.45) is 10.1. The lowest BCUT2D eigenvalue weighted by molar-refractivity contribution is 0.0205. The van der Waals surface area contributed by atoms with E-state index >= 15 is 0 Å². The molecule has 0 amide bonds. The minimum atomic E-state index is 0.0949. The summed E-state index contributed by atoms with van der Waals surface area (Å²) >= 11 is 0. The number of hydrogen-bond acceptors (Lipinski definition) is 5. The van der Waals surface area contributed by atoms with Gasteiger partial charge in [-0.3, -0.25) is 9.88 Å². The van der Waals surface area contributed by atoms with Crippen LogP contribution in [0.1, 0.15) is 72.9 Å². The Kier molecular flexibility index (Phi) is 6.50. The van der Waals surface area contributed by atoms with E-state index in [1.54, 1.807) is 0 Å². The van der Waals surface area contributed by atoms with Gasteiger partial charge in [0.05, 0.1) is 29.2 Å². The number of hydrogen-bond donors (Lipinski definition) is 0. The Morgan fingerprint density at radius 3 is 2.55 bits per heavy atom. The number of aryl methyl sites for hydroxylation is 1. The van der Waals surface area contributed by atoms with Crippen LogP contribution >= 0.6 is 0 Å². The van der Waals surface area contributed by atoms with Crippen molar-refractivity contribution in [2.45, 2.75) is 57.2 Å². The fourth-order valence-electron chi connectivity index (χ4n) is 5.99. The summed E-state index contributed by atoms with van der Waals surface area (Å²) in [5.41, 5.74) is 5.87. The van der Waals surface area contributed by atoms with Crippen LogP contribution in [0, 0.1) is 12.8 Å². The first kappa shape index (κ1) is 22.5. The molecule has 2 aliphatic heterocycles. The molecule has 5 heterocycles. The summed E-state index contributed by atoms with van der Waals surface area (Å²) in [6.45, 7) is 4.44. The maximum Gasteiger partial charge on any atom is 0.137 e. The standard InChI is InChI=1S/C27H37N5O/c1-19-8-7-15-28-26(19)23-10-5-9-22(31(23)3)21-18-32-24(11-6-12-25(32)29-21)27(33-4)20-13-16-30(2)17-14-20/h6-8,11-12,15,18,20,22-23,27H,5,9-10,13-14,16-17H2,1-4H3/t22-,23+,27+/m1/s1. The number of likely N-dealkylation sites (tertiary alicyclic amines) is 2. The van der Waals surface area contributed by atoms with Crippen LogP contribution in [0.4, 0.5) is 0 Å². The molecule has 33 heavy (non-hydrogen) atoms. The largest absolute Gasteiger partial charge is 0.375 e. The summed E-state index contributed by atoms with van der Waals surface area (Å²) in [7, 11) is 6.31. The average Bonchev–Trinajstić information content (AvgIpc) is 3.26. The number of rotatable bonds is 5. The van der Waals surface area contributed by atoms with Crippen molar-refractivity contribution in [2.24, 2.45) is 5.92 Å². The minimum Gasteiger partial charge on any atom is -0.375 e. The van der Waals surface area contributed by atoms with E-state index < -0.39 is 0 Å². The Balaban J connectivity index is 1.45. The molecule has 2 aliphatic rings. The summed E-state index contributed by atoms with van der Waals surface area (Å²) in [6, 6.07) is 11.3. The molecule has 6 nitrogen and oxygen atoms in total. The molecule has 0 aliphatic carbocycles. The Bertz CT molecular complexity index is 1090. The zero-order chi connectivity index (χ0) is 22.9. The molecule has 0 radical (unpaired) electrons. The molecule has 3 aromatic rings. The third-order valence-corrected chi connectivity index (χ3v) is 7.92. The van der Waals surface area contributed by atoms with Crippen LogP contribution in [0.3, 0.4) is 0 Å². The van der Waals surface area contributed by atoms with E-state index in [-0.39, 0.29) is 6.10 Å². The lowest BCUT2D eigenvalue weighted by atomic mass is 9.89. The fourth-order valence-corrected chi connectivity index (χ4v) is 5.99. The van der Waals surface area contributed by atoms with Crippen molar-refractivity contribution < 1.29 is 4.74 Å². The van der Waals surface area contributed by atoms with Crippen LogP contribution < -0.4 is 0 Å². The number of nitrogens with zero attached hydrogens (tertiary/aromatic N) is 5. The van der Waals surface area contributed by atoms with Crippen LogP contribution in [0.5, 0.6) is 0 Å². The lowest BCUT2D eigenvalue weighted by Gasteiger charge is -2.39. The third kappa shape index (κ3) is 4.32. The van der Waals surface area contributed by atoms with Gasteiger partial charge in [-0.05, 0) is 95.9 Å². The molecule has 2 saturated heterocycles. The second-order valence-electron chi connectivity index (χ2n) is 9.98. The lowest BCUT2D eigenvalue weighted by Crippen LogP contribution is -2.34. The van der Waals surface area contributed by atoms with E-state index in [4.69, 9.17) is 14.7 Å². The van der Waals surface area contributed by atoms with E-state index in [1.807, 2.05) is 19.4 Å². The van der Waals surface area contributed by atoms with E-state index in [2.05, 4.69) is 65.7 Å². The molecule has 5 rings (SSSR count). The van der Waals surface area contributed by atoms with Gasteiger partial charge < -0.3 is 14.0 Å². The highest BCUT2D eigenvalue weighted by molar-refractivity contribution is 5.43. The van der Waals surface area contributed by atoms with Crippen LogP contribution in [0.2, 0.25) is 0 Å². The van der Waals surface area contributed by atoms with Gasteiger partial charge in [-0.1, -0.05) is 12.1 Å². The smallest absolute Gasteiger partial charge is 0.137 e. The molecule has 0 spiro atoms. The molecule has 0 unspecified atom stereocenters. The zero-order valence-corrected chi connectivity index (χ0v) is 20.4. The van der Waals surface area contributed by atoms with Gasteiger partial charge in [-0.25, -0.2) is 4.98 Å². The minimum absolute atomic E-state index is 0.0949. The molecule has 0 saturated carbocycles. The van der Waals surface area contributed by atoms with Gasteiger partial charge in [0.1, 0.15) is 11.8 Å². The Hall–Kier alpha value is -2.28. The first-order chi connectivity index (χ1) is 16.1. The van der Waals surface area contributed by atoms with Gasteiger partial charge in [-0.2, -0.15) is 0 Å². The van der Waals surface area contributed by atoms with Crippen molar-refractivity contribution in [1.82, 2.24) is 24.2 Å². The normalized spacial score (nSPS) is 24.4. The second kappa shape index (κ2) is 9.53. The van der Waals surface area contributed by atoms with Crippen molar-refractivity contribution in [3.05, 3.63) is 65.4 Å². The molecule has 0 aromatic carbocycles. The number of fused-ring (bicyclic) bond motifs is 1. The Morgan fingerprint density at radius 2 is 1.79 bits per heavy atom. The van der Waals surface area contributed by atoms with Crippen molar-refractivity contribution in [2.75, 3.05) is 34.3 Å². The van der Waals surface area contributed by atoms with Crippen LogP contribution in [-0.2, 0) is 4.74 Å². The molecule has 2 fully saturated rings. The molecular weight excluding hydrogens is 410 g/mol. The van der Waals surface area contributed by atoms with E-state index in [9.17, 15) is 0 Å². The van der Waals surface area contributed by atoms with Crippen molar-refractivity contribution >= 4 is 5.65 Å². The first-order valence-electron chi connectivity index (χ1n) is 12.4. The number of pyridine rings is 2.